The average Bonchev–Trinajstić information content (AvgIpc) is 2.22. The van der Waals surface area contributed by atoms with Crippen molar-refractivity contribution in [1.29, 1.82) is 0 Å². The molecule has 0 bridgehead atoms. The first kappa shape index (κ1) is 13.0. The standard InChI is InChI=1S/C11H16O.C2H6/c1-4-12-11-7-5-10(6-8-11)9(2)3;1-2/h5-9H,4H2,1-3H3;1-2H3. The van der Waals surface area contributed by atoms with Crippen molar-refractivity contribution in [2.24, 2.45) is 0 Å². The molecule has 1 nitrogen and oxygen atoms in total. The van der Waals surface area contributed by atoms with Gasteiger partial charge < -0.3 is 4.74 Å². The summed E-state index contributed by atoms with van der Waals surface area (Å²) in [4.78, 5) is 0. The van der Waals surface area contributed by atoms with E-state index >= 15 is 0 Å². The summed E-state index contributed by atoms with van der Waals surface area (Å²) < 4.78 is 5.34. The maximum absolute atomic E-state index is 5.34. The fourth-order valence-electron chi connectivity index (χ4n) is 1.12. The Balaban J connectivity index is 0.000000791. The van der Waals surface area contributed by atoms with Crippen molar-refractivity contribution in [1.82, 2.24) is 0 Å². The van der Waals surface area contributed by atoms with Crippen LogP contribution in [-0.2, 0) is 0 Å². The highest BCUT2D eigenvalue weighted by Gasteiger charge is 1.97. The Morgan fingerprint density at radius 3 is 1.93 bits per heavy atom. The molecule has 0 radical (unpaired) electrons. The molecular weight excluding hydrogens is 172 g/mol. The third-order valence-electron chi connectivity index (χ3n) is 1.86. The van der Waals surface area contributed by atoms with Crippen LogP contribution in [0.4, 0.5) is 0 Å². The Bertz CT molecular complexity index is 223. The molecule has 0 saturated heterocycles. The first-order chi connectivity index (χ1) is 6.74. The maximum Gasteiger partial charge on any atom is 0.119 e. The van der Waals surface area contributed by atoms with Gasteiger partial charge >= 0.3 is 0 Å². The molecule has 0 N–H and O–H groups in total. The first-order valence-electron chi connectivity index (χ1n) is 5.46. The monoisotopic (exact) mass is 194 g/mol. The van der Waals surface area contributed by atoms with Crippen LogP contribution in [0.5, 0.6) is 5.75 Å². The second-order valence-corrected chi connectivity index (χ2v) is 3.16. The Morgan fingerprint density at radius 1 is 1.07 bits per heavy atom. The molecule has 1 aromatic rings. The van der Waals surface area contributed by atoms with Gasteiger partial charge in [0, 0.05) is 0 Å². The highest BCUT2D eigenvalue weighted by atomic mass is 16.5. The van der Waals surface area contributed by atoms with E-state index in [4.69, 9.17) is 4.74 Å². The second kappa shape index (κ2) is 7.43. The van der Waals surface area contributed by atoms with E-state index in [9.17, 15) is 0 Å². The minimum atomic E-state index is 0.598. The quantitative estimate of drug-likeness (QED) is 0.699. The zero-order chi connectivity index (χ0) is 11.0. The molecule has 0 atom stereocenters. The van der Waals surface area contributed by atoms with Crippen LogP contribution in [0, 0.1) is 0 Å². The van der Waals surface area contributed by atoms with Crippen LogP contribution in [0.3, 0.4) is 0 Å². The summed E-state index contributed by atoms with van der Waals surface area (Å²) in [5.41, 5.74) is 1.36. The van der Waals surface area contributed by atoms with Crippen molar-refractivity contribution in [2.75, 3.05) is 6.61 Å². The molecule has 80 valence electrons. The summed E-state index contributed by atoms with van der Waals surface area (Å²) in [6.45, 7) is 11.1. The van der Waals surface area contributed by atoms with E-state index in [1.165, 1.54) is 5.56 Å². The van der Waals surface area contributed by atoms with Crippen molar-refractivity contribution >= 4 is 0 Å². The number of ether oxygens (including phenoxy) is 1. The van der Waals surface area contributed by atoms with Crippen LogP contribution in [0.25, 0.3) is 0 Å². The van der Waals surface area contributed by atoms with Gasteiger partial charge in [0.15, 0.2) is 0 Å². The van der Waals surface area contributed by atoms with Crippen molar-refractivity contribution in [3.05, 3.63) is 29.8 Å². The van der Waals surface area contributed by atoms with Gasteiger partial charge in [-0.2, -0.15) is 0 Å². The molecule has 0 aliphatic rings. The van der Waals surface area contributed by atoms with Gasteiger partial charge in [-0.05, 0) is 30.5 Å². The van der Waals surface area contributed by atoms with E-state index in [0.29, 0.717) is 5.92 Å². The first-order valence-corrected chi connectivity index (χ1v) is 5.46. The summed E-state index contributed by atoms with van der Waals surface area (Å²) in [7, 11) is 0. The van der Waals surface area contributed by atoms with Crippen molar-refractivity contribution < 1.29 is 4.74 Å². The minimum Gasteiger partial charge on any atom is -0.494 e. The third-order valence-corrected chi connectivity index (χ3v) is 1.86. The van der Waals surface area contributed by atoms with Crippen molar-refractivity contribution in [3.8, 4) is 5.75 Å². The second-order valence-electron chi connectivity index (χ2n) is 3.16. The van der Waals surface area contributed by atoms with Gasteiger partial charge in [-0.3, -0.25) is 0 Å². The predicted octanol–water partition coefficient (Wildman–Crippen LogP) is 4.23. The summed E-state index contributed by atoms with van der Waals surface area (Å²) in [5, 5.41) is 0. The van der Waals surface area contributed by atoms with Crippen LogP contribution in [0.2, 0.25) is 0 Å². The maximum atomic E-state index is 5.34. The van der Waals surface area contributed by atoms with Crippen LogP contribution >= 0.6 is 0 Å². The molecule has 0 amide bonds. The Hall–Kier alpha value is -0.980. The van der Waals surface area contributed by atoms with E-state index in [1.54, 1.807) is 0 Å². The summed E-state index contributed by atoms with van der Waals surface area (Å²) >= 11 is 0. The van der Waals surface area contributed by atoms with E-state index in [2.05, 4.69) is 26.0 Å². The zero-order valence-corrected chi connectivity index (χ0v) is 10.0. The van der Waals surface area contributed by atoms with Crippen LogP contribution < -0.4 is 4.74 Å². The smallest absolute Gasteiger partial charge is 0.119 e. The summed E-state index contributed by atoms with van der Waals surface area (Å²) in [6.07, 6.45) is 0. The van der Waals surface area contributed by atoms with E-state index in [1.807, 2.05) is 32.9 Å². The van der Waals surface area contributed by atoms with Crippen molar-refractivity contribution in [2.45, 2.75) is 40.5 Å². The summed E-state index contributed by atoms with van der Waals surface area (Å²) in [5.74, 6) is 1.56. The average molecular weight is 194 g/mol. The van der Waals surface area contributed by atoms with E-state index in [-0.39, 0.29) is 0 Å². The molecule has 1 aromatic carbocycles. The van der Waals surface area contributed by atoms with Gasteiger partial charge in [0.2, 0.25) is 0 Å². The van der Waals surface area contributed by atoms with Gasteiger partial charge in [-0.15, -0.1) is 0 Å². The molecule has 1 rings (SSSR count). The largest absolute Gasteiger partial charge is 0.494 e. The van der Waals surface area contributed by atoms with Crippen LogP contribution in [0.15, 0.2) is 24.3 Å². The topological polar surface area (TPSA) is 9.23 Å². The molecule has 0 saturated carbocycles. The summed E-state index contributed by atoms with van der Waals surface area (Å²) in [6, 6.07) is 8.29. The van der Waals surface area contributed by atoms with Gasteiger partial charge in [-0.25, -0.2) is 0 Å². The fraction of sp³-hybridized carbons (Fsp3) is 0.538. The molecule has 0 aromatic heterocycles. The molecule has 1 heteroatoms. The van der Waals surface area contributed by atoms with Gasteiger partial charge in [0.25, 0.3) is 0 Å². The van der Waals surface area contributed by atoms with Gasteiger partial charge in [-0.1, -0.05) is 39.8 Å². The number of benzene rings is 1. The number of hydrogen-bond donors (Lipinski definition) is 0. The lowest BCUT2D eigenvalue weighted by Crippen LogP contribution is -1.92. The predicted molar refractivity (Wildman–Crippen MR) is 63.0 cm³/mol. The lowest BCUT2D eigenvalue weighted by Gasteiger charge is -2.06. The Morgan fingerprint density at radius 2 is 1.57 bits per heavy atom. The molecule has 14 heavy (non-hydrogen) atoms. The van der Waals surface area contributed by atoms with Crippen LogP contribution in [-0.4, -0.2) is 6.61 Å². The fourth-order valence-corrected chi connectivity index (χ4v) is 1.12. The van der Waals surface area contributed by atoms with Crippen LogP contribution in [0.1, 0.15) is 46.1 Å². The SMILES string of the molecule is CC.CCOc1ccc(C(C)C)cc1. The number of rotatable bonds is 3. The van der Waals surface area contributed by atoms with Gasteiger partial charge in [0.1, 0.15) is 5.75 Å². The van der Waals surface area contributed by atoms with E-state index < -0.39 is 0 Å². The molecule has 0 fully saturated rings. The molecule has 0 heterocycles. The molecule has 0 spiro atoms. The number of hydrogen-bond acceptors (Lipinski definition) is 1. The van der Waals surface area contributed by atoms with E-state index in [0.717, 1.165) is 12.4 Å². The molecule has 0 aliphatic heterocycles. The zero-order valence-electron chi connectivity index (χ0n) is 10.0. The molecular formula is C13H22O. The highest BCUT2D eigenvalue weighted by molar-refractivity contribution is 5.28. The minimum absolute atomic E-state index is 0.598. The third kappa shape index (κ3) is 4.31. The Kier molecular flexibility index (Phi) is 6.91. The molecule has 0 aliphatic carbocycles. The van der Waals surface area contributed by atoms with Gasteiger partial charge in [0.05, 0.1) is 6.61 Å². The normalized spacial score (nSPS) is 9.29. The highest BCUT2D eigenvalue weighted by Crippen LogP contribution is 2.18. The lowest BCUT2D eigenvalue weighted by atomic mass is 10.0. The lowest BCUT2D eigenvalue weighted by molar-refractivity contribution is 0.340. The Labute approximate surface area is 88.1 Å². The molecule has 0 unspecified atom stereocenters. The van der Waals surface area contributed by atoms with Crippen molar-refractivity contribution in [3.63, 3.8) is 0 Å².